The maximum Gasteiger partial charge on any atom is 0.235 e. The smallest absolute Gasteiger partial charge is 0.235 e. The zero-order chi connectivity index (χ0) is 12.0. The third kappa shape index (κ3) is 5.49. The molecule has 0 radical (unpaired) electrons. The number of nitrogens with one attached hydrogen (secondary N) is 1. The lowest BCUT2D eigenvalue weighted by Crippen LogP contribution is -2.41. The molecule has 1 saturated heterocycles. The van der Waals surface area contributed by atoms with Gasteiger partial charge in [-0.15, -0.1) is 24.2 Å². The minimum Gasteiger partial charge on any atom is -0.340 e. The van der Waals surface area contributed by atoms with Crippen molar-refractivity contribution in [3.05, 3.63) is 0 Å². The molecule has 17 heavy (non-hydrogen) atoms. The molecule has 1 amide bonds. The number of hydrogen-bond donors (Lipinski definition) is 1. The van der Waals surface area contributed by atoms with E-state index in [9.17, 15) is 4.79 Å². The van der Waals surface area contributed by atoms with Gasteiger partial charge in [0.15, 0.2) is 0 Å². The first-order valence-electron chi connectivity index (χ1n) is 6.28. The molecule has 1 aliphatic heterocycles. The average Bonchev–Trinajstić information content (AvgIpc) is 2.53. The third-order valence-electron chi connectivity index (χ3n) is 2.85. The summed E-state index contributed by atoms with van der Waals surface area (Å²) in [6.07, 6.45) is 1.08. The van der Waals surface area contributed by atoms with Gasteiger partial charge in [-0.25, -0.2) is 0 Å². The highest BCUT2D eigenvalue weighted by molar-refractivity contribution is 8.00. The summed E-state index contributed by atoms with van der Waals surface area (Å²) in [6.45, 7) is 10.2. The first-order valence-corrected chi connectivity index (χ1v) is 7.32. The van der Waals surface area contributed by atoms with Gasteiger partial charge in [-0.1, -0.05) is 20.8 Å². The van der Waals surface area contributed by atoms with Crippen molar-refractivity contribution >= 4 is 30.1 Å². The highest BCUT2D eigenvalue weighted by Crippen LogP contribution is 2.21. The minimum atomic E-state index is 0. The largest absolute Gasteiger partial charge is 0.340 e. The van der Waals surface area contributed by atoms with E-state index in [0.29, 0.717) is 11.8 Å². The van der Waals surface area contributed by atoms with E-state index in [0.717, 1.165) is 38.4 Å². The zero-order valence-corrected chi connectivity index (χ0v) is 12.7. The Morgan fingerprint density at radius 2 is 2.06 bits per heavy atom. The quantitative estimate of drug-likeness (QED) is 0.855. The summed E-state index contributed by atoms with van der Waals surface area (Å²) >= 11 is 1.78. The molecule has 5 heteroatoms. The number of hydrogen-bond acceptors (Lipinski definition) is 3. The van der Waals surface area contributed by atoms with E-state index in [-0.39, 0.29) is 17.7 Å². The number of carbonyl (C=O) groups is 1. The van der Waals surface area contributed by atoms with Crippen molar-refractivity contribution < 1.29 is 4.79 Å². The Hall–Kier alpha value is 0.0700. The van der Waals surface area contributed by atoms with Gasteiger partial charge in [-0.2, -0.15) is 0 Å². The lowest BCUT2D eigenvalue weighted by atomic mass is 10.1. The van der Waals surface area contributed by atoms with E-state index in [1.807, 2.05) is 4.90 Å². The Bertz CT molecular complexity index is 219. The van der Waals surface area contributed by atoms with Crippen LogP contribution in [-0.4, -0.2) is 48.0 Å². The highest BCUT2D eigenvalue weighted by atomic mass is 35.5. The predicted molar refractivity (Wildman–Crippen MR) is 78.1 cm³/mol. The fourth-order valence-corrected chi connectivity index (χ4v) is 3.01. The lowest BCUT2D eigenvalue weighted by molar-refractivity contribution is -0.131. The molecule has 0 aromatic rings. The van der Waals surface area contributed by atoms with Crippen LogP contribution >= 0.6 is 24.2 Å². The summed E-state index contributed by atoms with van der Waals surface area (Å²) in [5.41, 5.74) is 0. The van der Waals surface area contributed by atoms with E-state index in [1.165, 1.54) is 0 Å². The zero-order valence-electron chi connectivity index (χ0n) is 11.1. The SMILES string of the molecule is CCSC(C(=O)N1CCCNCC1)C(C)C.Cl. The van der Waals surface area contributed by atoms with Crippen LogP contribution in [0, 0.1) is 5.92 Å². The molecule has 1 atom stereocenters. The molecule has 1 heterocycles. The van der Waals surface area contributed by atoms with E-state index < -0.39 is 0 Å². The normalized spacial score (nSPS) is 18.5. The van der Waals surface area contributed by atoms with Gasteiger partial charge >= 0.3 is 0 Å². The van der Waals surface area contributed by atoms with E-state index >= 15 is 0 Å². The first-order chi connectivity index (χ1) is 7.66. The number of nitrogens with zero attached hydrogens (tertiary/aromatic N) is 1. The number of rotatable bonds is 4. The lowest BCUT2D eigenvalue weighted by Gasteiger charge is -2.27. The molecule has 1 aliphatic rings. The van der Waals surface area contributed by atoms with Crippen LogP contribution in [0.25, 0.3) is 0 Å². The van der Waals surface area contributed by atoms with Gasteiger partial charge in [-0.05, 0) is 24.6 Å². The Morgan fingerprint density at radius 3 is 2.65 bits per heavy atom. The van der Waals surface area contributed by atoms with Crippen LogP contribution in [0.1, 0.15) is 27.2 Å². The summed E-state index contributed by atoms with van der Waals surface area (Å²) in [7, 11) is 0. The van der Waals surface area contributed by atoms with Gasteiger partial charge in [0.05, 0.1) is 5.25 Å². The Morgan fingerprint density at radius 1 is 1.35 bits per heavy atom. The molecule has 1 fully saturated rings. The van der Waals surface area contributed by atoms with Crippen LogP contribution in [0.4, 0.5) is 0 Å². The van der Waals surface area contributed by atoms with Crippen LogP contribution in [-0.2, 0) is 4.79 Å². The third-order valence-corrected chi connectivity index (χ3v) is 4.29. The molecular weight excluding hydrogens is 256 g/mol. The van der Waals surface area contributed by atoms with Crippen molar-refractivity contribution in [2.75, 3.05) is 31.9 Å². The molecular formula is C12H25ClN2OS. The second-order valence-electron chi connectivity index (χ2n) is 4.55. The Labute approximate surface area is 115 Å². The second kappa shape index (κ2) is 9.06. The number of amides is 1. The Kier molecular flexibility index (Phi) is 9.10. The Balaban J connectivity index is 0.00000256. The molecule has 0 saturated carbocycles. The molecule has 0 aromatic carbocycles. The minimum absolute atomic E-state index is 0. The molecule has 0 spiro atoms. The number of halogens is 1. The summed E-state index contributed by atoms with van der Waals surface area (Å²) in [5, 5.41) is 3.47. The predicted octanol–water partition coefficient (Wildman–Crippen LogP) is 2.01. The fraction of sp³-hybridized carbons (Fsp3) is 0.917. The monoisotopic (exact) mass is 280 g/mol. The average molecular weight is 281 g/mol. The van der Waals surface area contributed by atoms with Gasteiger partial charge in [0.1, 0.15) is 0 Å². The van der Waals surface area contributed by atoms with E-state index in [4.69, 9.17) is 0 Å². The maximum absolute atomic E-state index is 12.4. The molecule has 1 unspecified atom stereocenters. The van der Waals surface area contributed by atoms with Crippen molar-refractivity contribution in [2.24, 2.45) is 5.92 Å². The van der Waals surface area contributed by atoms with Crippen molar-refractivity contribution in [2.45, 2.75) is 32.4 Å². The summed E-state index contributed by atoms with van der Waals surface area (Å²) < 4.78 is 0. The number of carbonyl (C=O) groups excluding carboxylic acids is 1. The van der Waals surface area contributed by atoms with Crippen LogP contribution in [0.5, 0.6) is 0 Å². The second-order valence-corrected chi connectivity index (χ2v) is 5.97. The highest BCUT2D eigenvalue weighted by Gasteiger charge is 2.27. The van der Waals surface area contributed by atoms with Gasteiger partial charge in [0, 0.05) is 19.6 Å². The topological polar surface area (TPSA) is 32.3 Å². The van der Waals surface area contributed by atoms with Gasteiger partial charge in [0.2, 0.25) is 5.91 Å². The number of thioether (sulfide) groups is 1. The standard InChI is InChI=1S/C12H24N2OS.ClH/c1-4-16-11(10(2)3)12(15)14-8-5-6-13-7-9-14;/h10-11,13H,4-9H2,1-3H3;1H. The van der Waals surface area contributed by atoms with Crippen molar-refractivity contribution in [1.82, 2.24) is 10.2 Å². The maximum atomic E-state index is 12.4. The fourth-order valence-electron chi connectivity index (χ4n) is 1.97. The van der Waals surface area contributed by atoms with Crippen molar-refractivity contribution in [3.63, 3.8) is 0 Å². The van der Waals surface area contributed by atoms with E-state index in [1.54, 1.807) is 11.8 Å². The molecule has 102 valence electrons. The summed E-state index contributed by atoms with van der Waals surface area (Å²) in [5.74, 6) is 1.78. The first kappa shape index (κ1) is 17.1. The molecule has 0 aromatic heterocycles. The summed E-state index contributed by atoms with van der Waals surface area (Å²) in [6, 6.07) is 0. The van der Waals surface area contributed by atoms with Crippen LogP contribution in [0.15, 0.2) is 0 Å². The van der Waals surface area contributed by atoms with Crippen molar-refractivity contribution in [3.8, 4) is 0 Å². The van der Waals surface area contributed by atoms with Gasteiger partial charge in [-0.3, -0.25) is 4.79 Å². The molecule has 1 rings (SSSR count). The molecule has 1 N–H and O–H groups in total. The molecule has 3 nitrogen and oxygen atoms in total. The summed E-state index contributed by atoms with van der Waals surface area (Å²) in [4.78, 5) is 14.4. The van der Waals surface area contributed by atoms with Crippen LogP contribution in [0.2, 0.25) is 0 Å². The molecule has 0 aliphatic carbocycles. The van der Waals surface area contributed by atoms with E-state index in [2.05, 4.69) is 26.1 Å². The molecule has 0 bridgehead atoms. The van der Waals surface area contributed by atoms with Gasteiger partial charge < -0.3 is 10.2 Å². The van der Waals surface area contributed by atoms with Crippen LogP contribution in [0.3, 0.4) is 0 Å². The van der Waals surface area contributed by atoms with Crippen LogP contribution < -0.4 is 5.32 Å². The van der Waals surface area contributed by atoms with Crippen molar-refractivity contribution in [1.29, 1.82) is 0 Å². The van der Waals surface area contributed by atoms with Gasteiger partial charge in [0.25, 0.3) is 0 Å².